The molecule has 0 fully saturated rings. The molecule has 2 nitrogen and oxygen atoms in total. The molecular weight excluding hydrogens is 302 g/mol. The fourth-order valence-electron chi connectivity index (χ4n) is 1.39. The van der Waals surface area contributed by atoms with Gasteiger partial charge in [-0.25, -0.2) is 0 Å². The van der Waals surface area contributed by atoms with E-state index in [4.69, 9.17) is 11.6 Å². The number of rotatable bonds is 2. The molecule has 1 aromatic carbocycles. The lowest BCUT2D eigenvalue weighted by molar-refractivity contribution is 0.103. The summed E-state index contributed by atoms with van der Waals surface area (Å²) in [7, 11) is 0. The van der Waals surface area contributed by atoms with Crippen LogP contribution in [0.3, 0.4) is 0 Å². The fourth-order valence-corrected chi connectivity index (χ4v) is 1.81. The normalized spacial score (nSPS) is 10.3. The van der Waals surface area contributed by atoms with Crippen LogP contribution in [0.5, 0.6) is 0 Å². The lowest BCUT2D eigenvalue weighted by Gasteiger charge is -2.03. The summed E-state index contributed by atoms with van der Waals surface area (Å²) in [6.45, 7) is 1.90. The van der Waals surface area contributed by atoms with Crippen LogP contribution in [-0.2, 0) is 0 Å². The van der Waals surface area contributed by atoms with Gasteiger partial charge in [0.2, 0.25) is 5.78 Å². The number of nitrogens with zero attached hydrogens (tertiary/aromatic N) is 1. The largest absolute Gasteiger partial charge is 0.287 e. The van der Waals surface area contributed by atoms with Crippen molar-refractivity contribution in [3.8, 4) is 0 Å². The maximum absolute atomic E-state index is 12.1. The van der Waals surface area contributed by atoms with E-state index >= 15 is 0 Å². The monoisotopic (exact) mass is 309 g/mol. The third-order valence-electron chi connectivity index (χ3n) is 2.39. The lowest BCUT2D eigenvalue weighted by Crippen LogP contribution is -2.03. The van der Waals surface area contributed by atoms with E-state index in [1.165, 1.54) is 0 Å². The highest BCUT2D eigenvalue weighted by atomic mass is 79.9. The van der Waals surface area contributed by atoms with Gasteiger partial charge in [-0.15, -0.1) is 0 Å². The molecule has 86 valence electrons. The molecule has 0 aliphatic carbocycles. The molecule has 1 heterocycles. The highest BCUT2D eigenvalue weighted by Crippen LogP contribution is 2.19. The summed E-state index contributed by atoms with van der Waals surface area (Å²) in [5.74, 6) is -0.126. The Morgan fingerprint density at radius 1 is 1.29 bits per heavy atom. The maximum Gasteiger partial charge on any atom is 0.211 e. The SMILES string of the molecule is Cc1ccc(C(=O)c2ccc(Br)cn2)cc1Cl. The minimum Gasteiger partial charge on any atom is -0.287 e. The number of pyridine rings is 1. The first kappa shape index (κ1) is 12.3. The fraction of sp³-hybridized carbons (Fsp3) is 0.0769. The molecule has 0 aliphatic heterocycles. The second-order valence-corrected chi connectivity index (χ2v) is 4.98. The van der Waals surface area contributed by atoms with Gasteiger partial charge in [0.15, 0.2) is 0 Å². The van der Waals surface area contributed by atoms with Crippen molar-refractivity contribution in [3.63, 3.8) is 0 Å². The van der Waals surface area contributed by atoms with Crippen LogP contribution in [0.25, 0.3) is 0 Å². The van der Waals surface area contributed by atoms with Crippen LogP contribution >= 0.6 is 27.5 Å². The maximum atomic E-state index is 12.1. The van der Waals surface area contributed by atoms with Crippen LogP contribution in [0.15, 0.2) is 41.0 Å². The van der Waals surface area contributed by atoms with E-state index in [0.717, 1.165) is 10.0 Å². The van der Waals surface area contributed by atoms with Crippen LogP contribution in [0.4, 0.5) is 0 Å². The molecule has 0 N–H and O–H groups in total. The molecule has 0 amide bonds. The van der Waals surface area contributed by atoms with Gasteiger partial charge in [-0.05, 0) is 46.6 Å². The average Bonchev–Trinajstić information content (AvgIpc) is 2.33. The smallest absolute Gasteiger partial charge is 0.211 e. The number of carbonyl (C=O) groups is 1. The van der Waals surface area contributed by atoms with E-state index in [9.17, 15) is 4.79 Å². The van der Waals surface area contributed by atoms with Crippen molar-refractivity contribution in [1.29, 1.82) is 0 Å². The molecule has 0 saturated heterocycles. The van der Waals surface area contributed by atoms with Crippen LogP contribution in [0.1, 0.15) is 21.6 Å². The number of hydrogen-bond donors (Lipinski definition) is 0. The van der Waals surface area contributed by atoms with Crippen molar-refractivity contribution in [2.24, 2.45) is 0 Å². The Hall–Kier alpha value is -1.19. The Labute approximate surface area is 113 Å². The van der Waals surface area contributed by atoms with E-state index < -0.39 is 0 Å². The number of carbonyl (C=O) groups excluding carboxylic acids is 1. The molecule has 0 atom stereocenters. The Bertz CT molecular complexity index is 566. The zero-order valence-electron chi connectivity index (χ0n) is 9.08. The number of aryl methyl sites for hydroxylation is 1. The van der Waals surface area contributed by atoms with Gasteiger partial charge in [0.1, 0.15) is 5.69 Å². The molecule has 2 aromatic rings. The predicted octanol–water partition coefficient (Wildman–Crippen LogP) is 4.04. The molecule has 2 rings (SSSR count). The number of aromatic nitrogens is 1. The van der Waals surface area contributed by atoms with E-state index in [1.807, 2.05) is 13.0 Å². The third-order valence-corrected chi connectivity index (χ3v) is 3.27. The van der Waals surface area contributed by atoms with Crippen molar-refractivity contribution < 1.29 is 4.79 Å². The number of hydrogen-bond acceptors (Lipinski definition) is 2. The van der Waals surface area contributed by atoms with Gasteiger partial charge in [0, 0.05) is 21.3 Å². The van der Waals surface area contributed by atoms with Gasteiger partial charge >= 0.3 is 0 Å². The topological polar surface area (TPSA) is 30.0 Å². The summed E-state index contributed by atoms with van der Waals surface area (Å²) < 4.78 is 0.844. The van der Waals surface area contributed by atoms with Crippen molar-refractivity contribution in [2.75, 3.05) is 0 Å². The Balaban J connectivity index is 2.37. The minimum absolute atomic E-state index is 0.126. The average molecular weight is 311 g/mol. The Kier molecular flexibility index (Phi) is 3.60. The zero-order chi connectivity index (χ0) is 12.4. The van der Waals surface area contributed by atoms with Crippen molar-refractivity contribution >= 4 is 33.3 Å². The minimum atomic E-state index is -0.126. The van der Waals surface area contributed by atoms with Gasteiger partial charge in [0.25, 0.3) is 0 Å². The predicted molar refractivity (Wildman–Crippen MR) is 71.6 cm³/mol. The van der Waals surface area contributed by atoms with Crippen LogP contribution < -0.4 is 0 Å². The van der Waals surface area contributed by atoms with E-state index in [0.29, 0.717) is 16.3 Å². The molecule has 0 unspecified atom stereocenters. The molecular formula is C13H9BrClNO. The molecule has 1 aromatic heterocycles. The second kappa shape index (κ2) is 4.98. The summed E-state index contributed by atoms with van der Waals surface area (Å²) in [5, 5.41) is 0.591. The van der Waals surface area contributed by atoms with E-state index in [-0.39, 0.29) is 5.78 Å². The number of halogens is 2. The number of ketones is 1. The van der Waals surface area contributed by atoms with Crippen LogP contribution in [0, 0.1) is 6.92 Å². The first-order valence-electron chi connectivity index (χ1n) is 5.00. The van der Waals surface area contributed by atoms with Gasteiger partial charge in [0.05, 0.1) is 0 Å². The molecule has 0 spiro atoms. The van der Waals surface area contributed by atoms with Crippen molar-refractivity contribution in [2.45, 2.75) is 6.92 Å². The zero-order valence-corrected chi connectivity index (χ0v) is 11.4. The molecule has 0 saturated carbocycles. The van der Waals surface area contributed by atoms with Gasteiger partial charge in [-0.1, -0.05) is 23.7 Å². The highest BCUT2D eigenvalue weighted by Gasteiger charge is 2.11. The van der Waals surface area contributed by atoms with E-state index in [1.54, 1.807) is 30.5 Å². The molecule has 0 bridgehead atoms. The highest BCUT2D eigenvalue weighted by molar-refractivity contribution is 9.10. The summed E-state index contributed by atoms with van der Waals surface area (Å²) in [6, 6.07) is 8.72. The quantitative estimate of drug-likeness (QED) is 0.784. The standard InChI is InChI=1S/C13H9BrClNO/c1-8-2-3-9(6-11(8)15)13(17)12-5-4-10(14)7-16-12/h2-7H,1H3. The summed E-state index contributed by atoms with van der Waals surface area (Å²) in [5.41, 5.74) is 1.91. The molecule has 0 radical (unpaired) electrons. The molecule has 17 heavy (non-hydrogen) atoms. The first-order chi connectivity index (χ1) is 8.08. The summed E-state index contributed by atoms with van der Waals surface area (Å²) in [6.07, 6.45) is 1.60. The van der Waals surface area contributed by atoms with Crippen LogP contribution in [0.2, 0.25) is 5.02 Å². The summed E-state index contributed by atoms with van der Waals surface area (Å²) >= 11 is 9.27. The number of benzene rings is 1. The Morgan fingerprint density at radius 3 is 2.65 bits per heavy atom. The molecule has 4 heteroatoms. The van der Waals surface area contributed by atoms with Crippen molar-refractivity contribution in [3.05, 3.63) is 62.8 Å². The van der Waals surface area contributed by atoms with Gasteiger partial charge in [-0.2, -0.15) is 0 Å². The Morgan fingerprint density at radius 2 is 2.06 bits per heavy atom. The third kappa shape index (κ3) is 2.73. The van der Waals surface area contributed by atoms with Gasteiger partial charge in [-0.3, -0.25) is 9.78 Å². The molecule has 0 aliphatic rings. The lowest BCUT2D eigenvalue weighted by atomic mass is 10.1. The van der Waals surface area contributed by atoms with E-state index in [2.05, 4.69) is 20.9 Å². The summed E-state index contributed by atoms with van der Waals surface area (Å²) in [4.78, 5) is 16.2. The van der Waals surface area contributed by atoms with Gasteiger partial charge < -0.3 is 0 Å². The second-order valence-electron chi connectivity index (χ2n) is 3.65. The first-order valence-corrected chi connectivity index (χ1v) is 6.17. The van der Waals surface area contributed by atoms with Crippen LogP contribution in [-0.4, -0.2) is 10.8 Å². The van der Waals surface area contributed by atoms with Crippen molar-refractivity contribution in [1.82, 2.24) is 4.98 Å².